The first-order valence-electron chi connectivity index (χ1n) is 10.7. The highest BCUT2D eigenvalue weighted by atomic mass is 16.5. The predicted molar refractivity (Wildman–Crippen MR) is 122 cm³/mol. The molecule has 0 atom stereocenters. The van der Waals surface area contributed by atoms with Gasteiger partial charge in [0.05, 0.1) is 24.5 Å². The lowest BCUT2D eigenvalue weighted by molar-refractivity contribution is -0.130. The number of ether oxygens (including phenoxy) is 2. The molecule has 1 aromatic heterocycles. The van der Waals surface area contributed by atoms with Gasteiger partial charge in [-0.25, -0.2) is 4.98 Å². The maximum Gasteiger partial charge on any atom is 0.253 e. The number of hydrogen-bond donors (Lipinski definition) is 1. The summed E-state index contributed by atoms with van der Waals surface area (Å²) < 4.78 is 12.2. The van der Waals surface area contributed by atoms with Gasteiger partial charge in [0, 0.05) is 37.9 Å². The quantitative estimate of drug-likeness (QED) is 0.620. The molecule has 1 fully saturated rings. The van der Waals surface area contributed by atoms with E-state index in [9.17, 15) is 9.59 Å². The topological polar surface area (TPSA) is 82.5 Å². The molecule has 7 heteroatoms. The summed E-state index contributed by atoms with van der Waals surface area (Å²) in [4.78, 5) is 30.2. The summed E-state index contributed by atoms with van der Waals surface area (Å²) in [6, 6.07) is 18.7. The van der Waals surface area contributed by atoms with Crippen molar-refractivity contribution in [3.05, 3.63) is 82.9 Å². The lowest BCUT2D eigenvalue weighted by atomic mass is 9.73. The van der Waals surface area contributed by atoms with E-state index in [0.29, 0.717) is 44.8 Å². The van der Waals surface area contributed by atoms with Crippen molar-refractivity contribution in [2.24, 2.45) is 0 Å². The molecule has 1 aliphatic heterocycles. The zero-order chi connectivity index (χ0) is 22.4. The largest absolute Gasteiger partial charge is 0.497 e. The van der Waals surface area contributed by atoms with Gasteiger partial charge >= 0.3 is 0 Å². The number of carbonyl (C=O) groups is 1. The third kappa shape index (κ3) is 4.57. The molecule has 0 bridgehead atoms. The molecule has 2 heterocycles. The molecule has 0 unspecified atom stereocenters. The predicted octanol–water partition coefficient (Wildman–Crippen LogP) is 2.78. The molecule has 2 aromatic carbocycles. The highest BCUT2D eigenvalue weighted by molar-refractivity contribution is 5.88. The van der Waals surface area contributed by atoms with E-state index in [-0.39, 0.29) is 11.5 Å². The highest BCUT2D eigenvalue weighted by Gasteiger charge is 2.41. The van der Waals surface area contributed by atoms with Crippen LogP contribution in [0.15, 0.2) is 71.8 Å². The Kier molecular flexibility index (Phi) is 6.66. The zero-order valence-corrected chi connectivity index (χ0v) is 18.1. The van der Waals surface area contributed by atoms with E-state index >= 15 is 0 Å². The van der Waals surface area contributed by atoms with Crippen LogP contribution in [0, 0.1) is 0 Å². The van der Waals surface area contributed by atoms with Gasteiger partial charge in [0.25, 0.3) is 5.56 Å². The minimum atomic E-state index is -0.596. The van der Waals surface area contributed by atoms with Gasteiger partial charge in [0.15, 0.2) is 0 Å². The van der Waals surface area contributed by atoms with Crippen LogP contribution in [0.2, 0.25) is 0 Å². The molecular weight excluding hydrogens is 406 g/mol. The van der Waals surface area contributed by atoms with Crippen LogP contribution in [0.1, 0.15) is 18.4 Å². The summed E-state index contributed by atoms with van der Waals surface area (Å²) in [5.74, 6) is 0.721. The fourth-order valence-electron chi connectivity index (χ4n) is 4.10. The second kappa shape index (κ2) is 9.78. The van der Waals surface area contributed by atoms with Crippen LogP contribution in [0.5, 0.6) is 5.75 Å². The summed E-state index contributed by atoms with van der Waals surface area (Å²) in [5.41, 5.74) is 1.68. The molecule has 0 aliphatic carbocycles. The summed E-state index contributed by atoms with van der Waals surface area (Å²) in [6.07, 6.45) is 2.80. The van der Waals surface area contributed by atoms with Crippen LogP contribution in [0.4, 0.5) is 0 Å². The Bertz CT molecular complexity index is 1100. The number of hydrogen-bond acceptors (Lipinski definition) is 5. The number of amides is 1. The molecule has 166 valence electrons. The Morgan fingerprint density at radius 3 is 2.50 bits per heavy atom. The maximum absolute atomic E-state index is 13.2. The van der Waals surface area contributed by atoms with E-state index < -0.39 is 5.41 Å². The normalized spacial score (nSPS) is 15.2. The van der Waals surface area contributed by atoms with E-state index in [4.69, 9.17) is 9.47 Å². The smallest absolute Gasteiger partial charge is 0.253 e. The fraction of sp³-hybridized carbons (Fsp3) is 0.320. The number of carbonyl (C=O) groups excluding carboxylic acids is 1. The summed E-state index contributed by atoms with van der Waals surface area (Å²) in [6.45, 7) is 1.80. The lowest BCUT2D eigenvalue weighted by Gasteiger charge is -2.36. The Morgan fingerprint density at radius 1 is 1.12 bits per heavy atom. The minimum absolute atomic E-state index is 0.0251. The molecule has 0 radical (unpaired) electrons. The molecule has 1 N–H and O–H groups in total. The van der Waals surface area contributed by atoms with Gasteiger partial charge in [-0.3, -0.25) is 14.2 Å². The third-order valence-corrected chi connectivity index (χ3v) is 6.01. The van der Waals surface area contributed by atoms with Gasteiger partial charge < -0.3 is 14.8 Å². The van der Waals surface area contributed by atoms with E-state index in [1.807, 2.05) is 54.6 Å². The monoisotopic (exact) mass is 433 g/mol. The van der Waals surface area contributed by atoms with E-state index in [2.05, 4.69) is 10.3 Å². The molecule has 3 aromatic rings. The molecule has 1 amide bonds. The first-order valence-corrected chi connectivity index (χ1v) is 10.7. The SMILES string of the molecule is COc1ccc(-c2cc(=O)n(CCNC(=O)C3(c4ccccc4)CCOCC3)cn2)cc1. The molecule has 0 spiro atoms. The number of methoxy groups -OCH3 is 1. The lowest BCUT2D eigenvalue weighted by Crippen LogP contribution is -2.48. The van der Waals surface area contributed by atoms with Gasteiger partial charge in [0.1, 0.15) is 5.75 Å². The summed E-state index contributed by atoms with van der Waals surface area (Å²) in [7, 11) is 1.61. The maximum atomic E-state index is 13.2. The van der Waals surface area contributed by atoms with Crippen molar-refractivity contribution in [3.63, 3.8) is 0 Å². The van der Waals surface area contributed by atoms with Crippen LogP contribution >= 0.6 is 0 Å². The van der Waals surface area contributed by atoms with Crippen LogP contribution in [-0.4, -0.2) is 42.3 Å². The van der Waals surface area contributed by atoms with Gasteiger partial charge in [-0.1, -0.05) is 30.3 Å². The van der Waals surface area contributed by atoms with Crippen molar-refractivity contribution in [2.45, 2.75) is 24.8 Å². The number of rotatable bonds is 7. The van der Waals surface area contributed by atoms with Crippen LogP contribution in [0.25, 0.3) is 11.3 Å². The number of aromatic nitrogens is 2. The first kappa shape index (κ1) is 21.8. The standard InChI is InChI=1S/C25H27N3O4/c1-31-21-9-7-19(8-10-21)22-17-23(29)28(18-27-22)14-13-26-24(30)25(11-15-32-16-12-25)20-5-3-2-4-6-20/h2-10,17-18H,11-16H2,1H3,(H,26,30). The molecular formula is C25H27N3O4. The number of nitrogens with zero attached hydrogens (tertiary/aromatic N) is 2. The Morgan fingerprint density at radius 2 is 1.84 bits per heavy atom. The van der Waals surface area contributed by atoms with Gasteiger partial charge in [-0.05, 0) is 42.7 Å². The van der Waals surface area contributed by atoms with Gasteiger partial charge in [0.2, 0.25) is 5.91 Å². The average Bonchev–Trinajstić information content (AvgIpc) is 2.86. The highest BCUT2D eigenvalue weighted by Crippen LogP contribution is 2.35. The Labute approximate surface area is 187 Å². The van der Waals surface area contributed by atoms with Crippen molar-refractivity contribution < 1.29 is 14.3 Å². The summed E-state index contributed by atoms with van der Waals surface area (Å²) >= 11 is 0. The molecule has 32 heavy (non-hydrogen) atoms. The van der Waals surface area contributed by atoms with Crippen molar-refractivity contribution >= 4 is 5.91 Å². The molecule has 1 aliphatic rings. The minimum Gasteiger partial charge on any atom is -0.497 e. The second-order valence-electron chi connectivity index (χ2n) is 7.85. The van der Waals surface area contributed by atoms with Crippen LogP contribution in [-0.2, 0) is 21.5 Å². The number of benzene rings is 2. The van der Waals surface area contributed by atoms with Crippen molar-refractivity contribution in [1.29, 1.82) is 0 Å². The van der Waals surface area contributed by atoms with Crippen molar-refractivity contribution in [3.8, 4) is 17.0 Å². The molecule has 4 rings (SSSR count). The summed E-state index contributed by atoms with van der Waals surface area (Å²) in [5, 5.41) is 3.03. The average molecular weight is 434 g/mol. The molecule has 1 saturated heterocycles. The third-order valence-electron chi connectivity index (χ3n) is 6.01. The van der Waals surface area contributed by atoms with Gasteiger partial charge in [-0.15, -0.1) is 0 Å². The van der Waals surface area contributed by atoms with Crippen LogP contribution in [0.3, 0.4) is 0 Å². The first-order chi connectivity index (χ1) is 15.6. The second-order valence-corrected chi connectivity index (χ2v) is 7.85. The fourth-order valence-corrected chi connectivity index (χ4v) is 4.10. The van der Waals surface area contributed by atoms with E-state index in [1.54, 1.807) is 7.11 Å². The van der Waals surface area contributed by atoms with Gasteiger partial charge in [-0.2, -0.15) is 0 Å². The Hall–Kier alpha value is -3.45. The zero-order valence-electron chi connectivity index (χ0n) is 18.1. The molecule has 7 nitrogen and oxygen atoms in total. The molecule has 0 saturated carbocycles. The van der Waals surface area contributed by atoms with Crippen molar-refractivity contribution in [2.75, 3.05) is 26.9 Å². The Balaban J connectivity index is 1.42. The van der Waals surface area contributed by atoms with Crippen LogP contribution < -0.4 is 15.6 Å². The van der Waals surface area contributed by atoms with Crippen molar-refractivity contribution in [1.82, 2.24) is 14.9 Å². The number of nitrogens with one attached hydrogen (secondary N) is 1. The van der Waals surface area contributed by atoms with E-state index in [0.717, 1.165) is 16.9 Å². The van der Waals surface area contributed by atoms with E-state index in [1.165, 1.54) is 17.0 Å².